The highest BCUT2D eigenvalue weighted by Crippen LogP contribution is 2.24. The number of fused-ring (bicyclic) bond motifs is 1. The first-order valence-corrected chi connectivity index (χ1v) is 5.18. The summed E-state index contributed by atoms with van der Waals surface area (Å²) in [5.74, 6) is -1.38. The zero-order chi connectivity index (χ0) is 12.6. The van der Waals surface area contributed by atoms with Gasteiger partial charge in [0.25, 0.3) is 0 Å². The Kier molecular flexibility index (Phi) is 2.71. The SMILES string of the molecule is CC(=Cc1cc(F)cc2c(C)c[nH]c12)C(=O)O. The number of H-pyrrole nitrogens is 1. The van der Waals surface area contributed by atoms with Gasteiger partial charge >= 0.3 is 5.97 Å². The van der Waals surface area contributed by atoms with E-state index in [1.54, 1.807) is 6.20 Å². The largest absolute Gasteiger partial charge is 0.478 e. The summed E-state index contributed by atoms with van der Waals surface area (Å²) in [5, 5.41) is 9.59. The van der Waals surface area contributed by atoms with Crippen LogP contribution in [0.1, 0.15) is 18.1 Å². The van der Waals surface area contributed by atoms with Crippen LogP contribution in [0.15, 0.2) is 23.9 Å². The first kappa shape index (κ1) is 11.4. The molecule has 0 aliphatic carbocycles. The summed E-state index contributed by atoms with van der Waals surface area (Å²) in [6.07, 6.45) is 3.24. The van der Waals surface area contributed by atoms with Gasteiger partial charge in [0.15, 0.2) is 0 Å². The third-order valence-electron chi connectivity index (χ3n) is 2.70. The fraction of sp³-hybridized carbons (Fsp3) is 0.154. The predicted molar refractivity (Wildman–Crippen MR) is 64.3 cm³/mol. The van der Waals surface area contributed by atoms with Crippen molar-refractivity contribution in [2.45, 2.75) is 13.8 Å². The Morgan fingerprint density at radius 3 is 2.82 bits per heavy atom. The molecule has 0 aliphatic rings. The molecule has 2 rings (SSSR count). The summed E-state index contributed by atoms with van der Waals surface area (Å²) >= 11 is 0. The summed E-state index contributed by atoms with van der Waals surface area (Å²) in [5.41, 5.74) is 2.41. The quantitative estimate of drug-likeness (QED) is 0.783. The number of rotatable bonds is 2. The van der Waals surface area contributed by atoms with E-state index in [4.69, 9.17) is 5.11 Å². The summed E-state index contributed by atoms with van der Waals surface area (Å²) in [6.45, 7) is 3.35. The van der Waals surface area contributed by atoms with Gasteiger partial charge in [0.2, 0.25) is 0 Å². The molecule has 0 saturated carbocycles. The second-order valence-corrected chi connectivity index (χ2v) is 4.02. The van der Waals surface area contributed by atoms with E-state index in [-0.39, 0.29) is 11.4 Å². The summed E-state index contributed by atoms with van der Waals surface area (Å²) < 4.78 is 13.4. The Morgan fingerprint density at radius 1 is 1.47 bits per heavy atom. The molecule has 1 aromatic carbocycles. The van der Waals surface area contributed by atoms with E-state index in [1.807, 2.05) is 6.92 Å². The van der Waals surface area contributed by atoms with Crippen molar-refractivity contribution in [1.29, 1.82) is 0 Å². The molecule has 88 valence electrons. The van der Waals surface area contributed by atoms with Crippen molar-refractivity contribution in [3.8, 4) is 0 Å². The summed E-state index contributed by atoms with van der Waals surface area (Å²) in [4.78, 5) is 13.8. The number of aryl methyl sites for hydroxylation is 1. The number of aliphatic carboxylic acids is 1. The first-order valence-electron chi connectivity index (χ1n) is 5.18. The Balaban J connectivity index is 2.69. The zero-order valence-electron chi connectivity index (χ0n) is 9.54. The van der Waals surface area contributed by atoms with Crippen molar-refractivity contribution >= 4 is 22.9 Å². The Bertz CT molecular complexity index is 626. The fourth-order valence-corrected chi connectivity index (χ4v) is 1.77. The minimum absolute atomic E-state index is 0.171. The maximum Gasteiger partial charge on any atom is 0.331 e. The molecule has 0 fully saturated rings. The first-order chi connectivity index (χ1) is 7.99. The van der Waals surface area contributed by atoms with Gasteiger partial charge in [-0.05, 0) is 37.6 Å². The molecule has 2 aromatic rings. The number of aromatic amines is 1. The van der Waals surface area contributed by atoms with Crippen molar-refractivity contribution < 1.29 is 14.3 Å². The number of carboxylic acids is 1. The van der Waals surface area contributed by atoms with Gasteiger partial charge in [-0.15, -0.1) is 0 Å². The third kappa shape index (κ3) is 2.06. The van der Waals surface area contributed by atoms with E-state index >= 15 is 0 Å². The molecule has 0 radical (unpaired) electrons. The van der Waals surface area contributed by atoms with Crippen LogP contribution in [0.2, 0.25) is 0 Å². The standard InChI is InChI=1S/C13H12FNO2/c1-7(13(16)17)3-9-4-10(14)5-11-8(2)6-15-12(9)11/h3-6,15H,1-2H3,(H,16,17). The van der Waals surface area contributed by atoms with Crippen LogP contribution in [-0.2, 0) is 4.79 Å². The highest BCUT2D eigenvalue weighted by molar-refractivity contribution is 5.96. The van der Waals surface area contributed by atoms with Crippen molar-refractivity contribution in [2.75, 3.05) is 0 Å². The van der Waals surface area contributed by atoms with Crippen LogP contribution in [0.5, 0.6) is 0 Å². The summed E-state index contributed by atoms with van der Waals surface area (Å²) in [7, 11) is 0. The van der Waals surface area contributed by atoms with E-state index in [1.165, 1.54) is 25.1 Å². The lowest BCUT2D eigenvalue weighted by molar-refractivity contribution is -0.132. The van der Waals surface area contributed by atoms with Gasteiger partial charge < -0.3 is 10.1 Å². The van der Waals surface area contributed by atoms with Gasteiger partial charge in [0, 0.05) is 22.7 Å². The van der Waals surface area contributed by atoms with Crippen LogP contribution in [-0.4, -0.2) is 16.1 Å². The normalized spacial score (nSPS) is 12.1. The van der Waals surface area contributed by atoms with E-state index in [0.29, 0.717) is 5.56 Å². The number of carbonyl (C=O) groups is 1. The molecule has 3 nitrogen and oxygen atoms in total. The molecule has 0 unspecified atom stereocenters. The minimum atomic E-state index is -1.01. The van der Waals surface area contributed by atoms with E-state index in [9.17, 15) is 9.18 Å². The Hall–Kier alpha value is -2.10. The molecule has 17 heavy (non-hydrogen) atoms. The number of hydrogen-bond acceptors (Lipinski definition) is 1. The average molecular weight is 233 g/mol. The minimum Gasteiger partial charge on any atom is -0.478 e. The molecule has 4 heteroatoms. The second-order valence-electron chi connectivity index (χ2n) is 4.02. The average Bonchev–Trinajstić information content (AvgIpc) is 2.60. The number of benzene rings is 1. The third-order valence-corrected chi connectivity index (χ3v) is 2.70. The van der Waals surface area contributed by atoms with Crippen molar-refractivity contribution in [1.82, 2.24) is 4.98 Å². The molecule has 1 heterocycles. The zero-order valence-corrected chi connectivity index (χ0v) is 9.54. The van der Waals surface area contributed by atoms with Gasteiger partial charge in [-0.3, -0.25) is 0 Å². The maximum absolute atomic E-state index is 13.4. The molecule has 0 aliphatic heterocycles. The number of hydrogen-bond donors (Lipinski definition) is 2. The molecular weight excluding hydrogens is 221 g/mol. The molecule has 0 spiro atoms. The second kappa shape index (κ2) is 4.05. The van der Waals surface area contributed by atoms with E-state index in [0.717, 1.165) is 16.5 Å². The monoisotopic (exact) mass is 233 g/mol. The van der Waals surface area contributed by atoms with Crippen LogP contribution >= 0.6 is 0 Å². The van der Waals surface area contributed by atoms with Crippen LogP contribution in [0.25, 0.3) is 17.0 Å². The molecule has 0 bridgehead atoms. The van der Waals surface area contributed by atoms with Gasteiger partial charge in [-0.1, -0.05) is 0 Å². The van der Waals surface area contributed by atoms with Gasteiger partial charge in [0.05, 0.1) is 5.52 Å². The maximum atomic E-state index is 13.4. The van der Waals surface area contributed by atoms with Crippen molar-refractivity contribution in [3.05, 3.63) is 40.8 Å². The van der Waals surface area contributed by atoms with Crippen molar-refractivity contribution in [3.63, 3.8) is 0 Å². The van der Waals surface area contributed by atoms with E-state index in [2.05, 4.69) is 4.98 Å². The van der Waals surface area contributed by atoms with E-state index < -0.39 is 5.97 Å². The lowest BCUT2D eigenvalue weighted by atomic mass is 10.1. The summed E-state index contributed by atoms with van der Waals surface area (Å²) in [6, 6.07) is 2.76. The highest BCUT2D eigenvalue weighted by Gasteiger charge is 2.08. The van der Waals surface area contributed by atoms with Crippen LogP contribution in [0.3, 0.4) is 0 Å². The van der Waals surface area contributed by atoms with Crippen LogP contribution in [0, 0.1) is 12.7 Å². The molecular formula is C13H12FNO2. The van der Waals surface area contributed by atoms with Gasteiger partial charge in [0.1, 0.15) is 5.82 Å². The van der Waals surface area contributed by atoms with Crippen molar-refractivity contribution in [2.24, 2.45) is 0 Å². The molecule has 1 aromatic heterocycles. The van der Waals surface area contributed by atoms with Crippen LogP contribution in [0.4, 0.5) is 4.39 Å². The van der Waals surface area contributed by atoms with Gasteiger partial charge in [-0.25, -0.2) is 9.18 Å². The lowest BCUT2D eigenvalue weighted by Crippen LogP contribution is -1.95. The van der Waals surface area contributed by atoms with Gasteiger partial charge in [-0.2, -0.15) is 0 Å². The molecule has 2 N–H and O–H groups in total. The molecule has 0 atom stereocenters. The number of nitrogens with one attached hydrogen (secondary N) is 1. The number of halogens is 1. The number of aromatic nitrogens is 1. The number of carboxylic acid groups (broad SMARTS) is 1. The lowest BCUT2D eigenvalue weighted by Gasteiger charge is -2.00. The molecule has 0 saturated heterocycles. The van der Waals surface area contributed by atoms with Crippen LogP contribution < -0.4 is 0 Å². The Labute approximate surface area is 97.6 Å². The topological polar surface area (TPSA) is 53.1 Å². The Morgan fingerprint density at radius 2 is 2.18 bits per heavy atom. The fourth-order valence-electron chi connectivity index (χ4n) is 1.77. The smallest absolute Gasteiger partial charge is 0.331 e. The molecule has 0 amide bonds. The highest BCUT2D eigenvalue weighted by atomic mass is 19.1. The predicted octanol–water partition coefficient (Wildman–Crippen LogP) is 3.10.